The summed E-state index contributed by atoms with van der Waals surface area (Å²) in [6, 6.07) is 4.09. The molecule has 2 fully saturated rings. The molecule has 0 spiro atoms. The number of rotatable bonds is 2. The summed E-state index contributed by atoms with van der Waals surface area (Å²) in [6.07, 6.45) is 7.41. The maximum Gasteiger partial charge on any atom is 0.161 e. The molecule has 1 aromatic rings. The summed E-state index contributed by atoms with van der Waals surface area (Å²) in [5.41, 5.74) is 4.65. The van der Waals surface area contributed by atoms with E-state index < -0.39 is 0 Å². The predicted molar refractivity (Wildman–Crippen MR) is 93.0 cm³/mol. The topological polar surface area (TPSA) is 29.5 Å². The van der Waals surface area contributed by atoms with Gasteiger partial charge in [0.2, 0.25) is 0 Å². The number of phenolic OH excluding ortho intramolecular Hbond substituents is 1. The molecule has 2 heteroatoms. The van der Waals surface area contributed by atoms with Crippen LogP contribution in [0, 0.1) is 17.3 Å². The summed E-state index contributed by atoms with van der Waals surface area (Å²) in [7, 11) is 0. The first-order chi connectivity index (χ1) is 11.0. The molecular formula is C21H28O2. The van der Waals surface area contributed by atoms with Gasteiger partial charge in [-0.25, -0.2) is 0 Å². The number of hydrogen-bond acceptors (Lipinski definition) is 2. The van der Waals surface area contributed by atoms with Crippen LogP contribution in [0.25, 0.3) is 0 Å². The van der Waals surface area contributed by atoms with E-state index >= 15 is 0 Å². The zero-order valence-corrected chi connectivity index (χ0v) is 14.4. The highest BCUT2D eigenvalue weighted by molar-refractivity contribution is 5.49. The smallest absolute Gasteiger partial charge is 0.161 e. The van der Waals surface area contributed by atoms with Crippen LogP contribution in [0.1, 0.15) is 63.0 Å². The van der Waals surface area contributed by atoms with E-state index in [-0.39, 0.29) is 0 Å². The van der Waals surface area contributed by atoms with Gasteiger partial charge in [0.05, 0.1) is 6.61 Å². The van der Waals surface area contributed by atoms with Crippen molar-refractivity contribution in [1.29, 1.82) is 0 Å². The van der Waals surface area contributed by atoms with E-state index in [4.69, 9.17) is 4.74 Å². The van der Waals surface area contributed by atoms with E-state index in [0.717, 1.165) is 18.3 Å². The Hall–Kier alpha value is -1.44. The number of aromatic hydroxyl groups is 1. The van der Waals surface area contributed by atoms with E-state index in [9.17, 15) is 5.11 Å². The van der Waals surface area contributed by atoms with Gasteiger partial charge in [0.1, 0.15) is 0 Å². The zero-order valence-electron chi connectivity index (χ0n) is 14.4. The molecule has 1 aromatic carbocycles. The Labute approximate surface area is 139 Å². The lowest BCUT2D eigenvalue weighted by molar-refractivity contribution is 0.0814. The first-order valence-corrected chi connectivity index (χ1v) is 9.21. The van der Waals surface area contributed by atoms with Crippen molar-refractivity contribution in [3.8, 4) is 11.5 Å². The van der Waals surface area contributed by atoms with E-state index in [1.165, 1.54) is 48.8 Å². The van der Waals surface area contributed by atoms with Crippen molar-refractivity contribution in [3.63, 3.8) is 0 Å². The van der Waals surface area contributed by atoms with Crippen LogP contribution in [0.4, 0.5) is 0 Å². The molecule has 4 atom stereocenters. The molecule has 3 aliphatic carbocycles. The minimum Gasteiger partial charge on any atom is -0.504 e. The van der Waals surface area contributed by atoms with Crippen molar-refractivity contribution < 1.29 is 9.84 Å². The second-order valence-corrected chi connectivity index (χ2v) is 7.97. The number of phenols is 1. The first kappa shape index (κ1) is 15.1. The largest absolute Gasteiger partial charge is 0.504 e. The van der Waals surface area contributed by atoms with Crippen LogP contribution >= 0.6 is 0 Å². The Bertz CT molecular complexity index is 647. The van der Waals surface area contributed by atoms with Crippen LogP contribution < -0.4 is 4.74 Å². The van der Waals surface area contributed by atoms with E-state index in [0.29, 0.717) is 29.4 Å². The average Bonchev–Trinajstić information content (AvgIpc) is 2.84. The minimum atomic E-state index is 0.305. The third-order valence-electron chi connectivity index (χ3n) is 7.06. The zero-order chi connectivity index (χ0) is 16.2. The molecule has 2 saturated carbocycles. The molecule has 2 nitrogen and oxygen atoms in total. The van der Waals surface area contributed by atoms with Gasteiger partial charge in [-0.15, -0.1) is 0 Å². The second kappa shape index (κ2) is 5.29. The third-order valence-corrected chi connectivity index (χ3v) is 7.06. The standard InChI is InChI=1S/C21H28O2/c1-4-23-20-12-17-14(11-19(20)22)6-7-16-15(17)9-10-21(3)13(2)5-8-18(16)21/h11-12,15-16,18,22H,2,4-10H2,1,3H3/t15-,16+,18-,21+/m0/s1. The molecule has 23 heavy (non-hydrogen) atoms. The van der Waals surface area contributed by atoms with Gasteiger partial charge in [-0.05, 0) is 91.9 Å². The minimum absolute atomic E-state index is 0.305. The van der Waals surface area contributed by atoms with Gasteiger partial charge in [0, 0.05) is 0 Å². The van der Waals surface area contributed by atoms with Crippen LogP contribution in [-0.2, 0) is 6.42 Å². The molecule has 0 amide bonds. The number of fused-ring (bicyclic) bond motifs is 5. The maximum absolute atomic E-state index is 10.2. The highest BCUT2D eigenvalue weighted by Crippen LogP contribution is 2.62. The molecule has 124 valence electrons. The van der Waals surface area contributed by atoms with Crippen LogP contribution in [0.5, 0.6) is 11.5 Å². The van der Waals surface area contributed by atoms with Gasteiger partial charge in [-0.2, -0.15) is 0 Å². The van der Waals surface area contributed by atoms with Gasteiger partial charge >= 0.3 is 0 Å². The number of allylic oxidation sites excluding steroid dienone is 1. The van der Waals surface area contributed by atoms with Gasteiger partial charge < -0.3 is 9.84 Å². The monoisotopic (exact) mass is 312 g/mol. The summed E-state index contributed by atoms with van der Waals surface area (Å²) in [6.45, 7) is 9.42. The summed E-state index contributed by atoms with van der Waals surface area (Å²) >= 11 is 0. The quantitative estimate of drug-likeness (QED) is 0.760. The summed E-state index contributed by atoms with van der Waals surface area (Å²) in [5, 5.41) is 10.2. The van der Waals surface area contributed by atoms with Crippen molar-refractivity contribution in [2.45, 2.75) is 58.3 Å². The molecule has 0 heterocycles. The lowest BCUT2D eigenvalue weighted by Gasteiger charge is -2.49. The third kappa shape index (κ3) is 2.14. The van der Waals surface area contributed by atoms with Gasteiger partial charge in [0.15, 0.2) is 11.5 Å². The Morgan fingerprint density at radius 1 is 1.26 bits per heavy atom. The van der Waals surface area contributed by atoms with Gasteiger partial charge in [0.25, 0.3) is 0 Å². The highest BCUT2D eigenvalue weighted by atomic mass is 16.5. The first-order valence-electron chi connectivity index (χ1n) is 9.21. The normalized spacial score (nSPS) is 35.4. The van der Waals surface area contributed by atoms with Crippen LogP contribution in [0.2, 0.25) is 0 Å². The molecule has 0 bridgehead atoms. The lowest BCUT2D eigenvalue weighted by Crippen LogP contribution is -2.40. The maximum atomic E-state index is 10.2. The predicted octanol–water partition coefficient (Wildman–Crippen LogP) is 5.20. The lowest BCUT2D eigenvalue weighted by atomic mass is 9.55. The molecule has 0 aliphatic heterocycles. The van der Waals surface area contributed by atoms with Crippen LogP contribution in [-0.4, -0.2) is 11.7 Å². The molecule has 3 aliphatic rings. The highest BCUT2D eigenvalue weighted by Gasteiger charge is 2.51. The van der Waals surface area contributed by atoms with E-state index in [1.54, 1.807) is 0 Å². The fraction of sp³-hybridized carbons (Fsp3) is 0.619. The fourth-order valence-corrected chi connectivity index (χ4v) is 5.77. The van der Waals surface area contributed by atoms with E-state index in [2.05, 4.69) is 19.6 Å². The average molecular weight is 312 g/mol. The van der Waals surface area contributed by atoms with Gasteiger partial charge in [-0.1, -0.05) is 19.1 Å². The molecule has 0 saturated heterocycles. The molecule has 0 radical (unpaired) electrons. The van der Waals surface area contributed by atoms with Crippen molar-refractivity contribution in [2.24, 2.45) is 17.3 Å². The summed E-state index contributed by atoms with van der Waals surface area (Å²) < 4.78 is 5.64. The Kier molecular flexibility index (Phi) is 3.48. The summed E-state index contributed by atoms with van der Waals surface area (Å²) in [5.74, 6) is 3.18. The fourth-order valence-electron chi connectivity index (χ4n) is 5.77. The van der Waals surface area contributed by atoms with Crippen molar-refractivity contribution >= 4 is 0 Å². The molecule has 0 unspecified atom stereocenters. The number of aryl methyl sites for hydroxylation is 1. The Balaban J connectivity index is 1.71. The van der Waals surface area contributed by atoms with E-state index in [1.807, 2.05) is 13.0 Å². The molecule has 1 N–H and O–H groups in total. The SMILES string of the molecule is C=C1CC[C@H]2[C@@H]3CCc4cc(O)c(OCC)cc4[C@H]3CC[C@]12C. The van der Waals surface area contributed by atoms with Crippen LogP contribution in [0.15, 0.2) is 24.3 Å². The second-order valence-electron chi connectivity index (χ2n) is 7.97. The van der Waals surface area contributed by atoms with Crippen molar-refractivity contribution in [2.75, 3.05) is 6.61 Å². The Morgan fingerprint density at radius 3 is 2.87 bits per heavy atom. The van der Waals surface area contributed by atoms with Gasteiger partial charge in [-0.3, -0.25) is 0 Å². The van der Waals surface area contributed by atoms with Crippen molar-refractivity contribution in [3.05, 3.63) is 35.4 Å². The molecule has 0 aromatic heterocycles. The summed E-state index contributed by atoms with van der Waals surface area (Å²) in [4.78, 5) is 0. The number of ether oxygens (including phenoxy) is 1. The Morgan fingerprint density at radius 2 is 2.09 bits per heavy atom. The number of benzene rings is 1. The number of hydrogen-bond donors (Lipinski definition) is 1. The molecule has 4 rings (SSSR count). The van der Waals surface area contributed by atoms with Crippen LogP contribution in [0.3, 0.4) is 0 Å². The molecular weight excluding hydrogens is 284 g/mol. The van der Waals surface area contributed by atoms with Crippen molar-refractivity contribution in [1.82, 2.24) is 0 Å².